The number of hydrogen-bond acceptors (Lipinski definition) is 2. The topological polar surface area (TPSA) is 46.2 Å². The summed E-state index contributed by atoms with van der Waals surface area (Å²) in [7, 11) is -3.84. The van der Waals surface area contributed by atoms with Crippen LogP contribution in [-0.2, 0) is 16.2 Å². The summed E-state index contributed by atoms with van der Waals surface area (Å²) in [6, 6.07) is 17.4. The second-order valence-corrected chi connectivity index (χ2v) is 7.97. The van der Waals surface area contributed by atoms with Crippen molar-refractivity contribution in [1.29, 1.82) is 0 Å². The number of fused-ring (bicyclic) bond motifs is 3. The molecule has 0 bridgehead atoms. The highest BCUT2D eigenvalue weighted by Gasteiger charge is 2.36. The highest BCUT2D eigenvalue weighted by atomic mass is 32.2. The Hall–Kier alpha value is -2.64. The van der Waals surface area contributed by atoms with Crippen molar-refractivity contribution < 1.29 is 21.6 Å². The number of hydrogen-bond donors (Lipinski definition) is 1. The van der Waals surface area contributed by atoms with E-state index in [9.17, 15) is 21.6 Å². The number of alkyl halides is 3. The maximum absolute atomic E-state index is 13.1. The maximum atomic E-state index is 13.1. The molecule has 4 rings (SSSR count). The molecule has 0 radical (unpaired) electrons. The third kappa shape index (κ3) is 3.13. The van der Waals surface area contributed by atoms with Gasteiger partial charge in [-0.15, -0.1) is 0 Å². The molecule has 0 saturated carbocycles. The van der Waals surface area contributed by atoms with E-state index < -0.39 is 27.8 Å². The predicted octanol–water partition coefficient (Wildman–Crippen LogP) is 4.75. The Labute approximate surface area is 154 Å². The van der Waals surface area contributed by atoms with Crippen molar-refractivity contribution >= 4 is 10.0 Å². The second-order valence-electron chi connectivity index (χ2n) is 6.25. The quantitative estimate of drug-likeness (QED) is 0.702. The number of rotatable bonds is 3. The Balaban J connectivity index is 1.82. The van der Waals surface area contributed by atoms with E-state index in [0.29, 0.717) is 22.3 Å². The van der Waals surface area contributed by atoms with E-state index in [2.05, 4.69) is 4.72 Å². The zero-order valence-corrected chi connectivity index (χ0v) is 14.7. The van der Waals surface area contributed by atoms with Crippen molar-refractivity contribution in [2.45, 2.75) is 17.1 Å². The zero-order valence-electron chi connectivity index (χ0n) is 13.9. The zero-order chi connectivity index (χ0) is 19.2. The molecular formula is C20H14F3NO2S. The van der Waals surface area contributed by atoms with Crippen molar-refractivity contribution in [2.24, 2.45) is 0 Å². The smallest absolute Gasteiger partial charge is 0.207 e. The molecule has 3 aromatic carbocycles. The first-order chi connectivity index (χ1) is 12.8. The first-order valence-corrected chi connectivity index (χ1v) is 9.63. The molecule has 1 N–H and O–H groups in total. The van der Waals surface area contributed by atoms with E-state index in [4.69, 9.17) is 0 Å². The van der Waals surface area contributed by atoms with Gasteiger partial charge in [0.2, 0.25) is 10.0 Å². The van der Waals surface area contributed by atoms with Gasteiger partial charge >= 0.3 is 6.18 Å². The predicted molar refractivity (Wildman–Crippen MR) is 95.5 cm³/mol. The summed E-state index contributed by atoms with van der Waals surface area (Å²) in [5.41, 5.74) is 1.36. The molecule has 0 aromatic heterocycles. The summed E-state index contributed by atoms with van der Waals surface area (Å²) in [5, 5.41) is 0. The molecule has 0 heterocycles. The molecule has 0 saturated heterocycles. The SMILES string of the molecule is O=S(=O)(NC1c2ccccc2-c2cc(C(F)(F)F)ccc21)c1ccccc1. The van der Waals surface area contributed by atoms with E-state index in [0.717, 1.165) is 12.1 Å². The van der Waals surface area contributed by atoms with Crippen molar-refractivity contribution in [3.63, 3.8) is 0 Å². The number of nitrogens with one attached hydrogen (secondary N) is 1. The summed E-state index contributed by atoms with van der Waals surface area (Å²) >= 11 is 0. The summed E-state index contributed by atoms with van der Waals surface area (Å²) < 4.78 is 67.5. The molecule has 0 spiro atoms. The standard InChI is InChI=1S/C20H14F3NO2S/c21-20(22,23)13-10-11-17-18(12-13)15-8-4-5-9-16(15)19(17)24-27(25,26)14-6-2-1-3-7-14/h1-12,19,24H. The fourth-order valence-corrected chi connectivity index (χ4v) is 4.54. The molecule has 3 aromatic rings. The highest BCUT2D eigenvalue weighted by Crippen LogP contribution is 2.46. The monoisotopic (exact) mass is 389 g/mol. The lowest BCUT2D eigenvalue weighted by Crippen LogP contribution is -2.28. The molecule has 0 amide bonds. The van der Waals surface area contributed by atoms with Gasteiger partial charge in [-0.3, -0.25) is 0 Å². The minimum Gasteiger partial charge on any atom is -0.207 e. The van der Waals surface area contributed by atoms with Crippen LogP contribution < -0.4 is 4.72 Å². The fourth-order valence-electron chi connectivity index (χ4n) is 3.33. The van der Waals surface area contributed by atoms with E-state index >= 15 is 0 Å². The largest absolute Gasteiger partial charge is 0.416 e. The third-order valence-corrected chi connectivity index (χ3v) is 6.02. The number of sulfonamides is 1. The first kappa shape index (κ1) is 17.8. The third-order valence-electron chi connectivity index (χ3n) is 4.58. The minimum absolute atomic E-state index is 0.0999. The van der Waals surface area contributed by atoms with Gasteiger partial charge in [-0.05, 0) is 46.5 Å². The van der Waals surface area contributed by atoms with Crippen LogP contribution in [0.3, 0.4) is 0 Å². The minimum atomic E-state index is -4.47. The van der Waals surface area contributed by atoms with Gasteiger partial charge in [0.25, 0.3) is 0 Å². The molecular weight excluding hydrogens is 375 g/mol. The van der Waals surface area contributed by atoms with Crippen LogP contribution in [0, 0.1) is 0 Å². The highest BCUT2D eigenvalue weighted by molar-refractivity contribution is 7.89. The number of halogens is 3. The van der Waals surface area contributed by atoms with Crippen molar-refractivity contribution in [3.8, 4) is 11.1 Å². The normalized spacial score (nSPS) is 16.0. The Morgan fingerprint density at radius 2 is 1.41 bits per heavy atom. The van der Waals surface area contributed by atoms with Gasteiger partial charge in [-0.25, -0.2) is 8.42 Å². The van der Waals surface area contributed by atoms with E-state index in [1.54, 1.807) is 42.5 Å². The van der Waals surface area contributed by atoms with Gasteiger partial charge in [0.15, 0.2) is 0 Å². The molecule has 138 valence electrons. The van der Waals surface area contributed by atoms with Gasteiger partial charge in [0.05, 0.1) is 16.5 Å². The van der Waals surface area contributed by atoms with Crippen molar-refractivity contribution in [3.05, 3.63) is 89.5 Å². The molecule has 7 heteroatoms. The molecule has 1 aliphatic carbocycles. The molecule has 0 aliphatic heterocycles. The van der Waals surface area contributed by atoms with Gasteiger partial charge < -0.3 is 0 Å². The van der Waals surface area contributed by atoms with Crippen LogP contribution in [-0.4, -0.2) is 8.42 Å². The summed E-state index contributed by atoms with van der Waals surface area (Å²) in [4.78, 5) is 0.0999. The Morgan fingerprint density at radius 3 is 2.11 bits per heavy atom. The van der Waals surface area contributed by atoms with Gasteiger partial charge in [0, 0.05) is 0 Å². The summed E-state index contributed by atoms with van der Waals surface area (Å²) in [5.74, 6) is 0. The van der Waals surface area contributed by atoms with Gasteiger partial charge in [0.1, 0.15) is 0 Å². The fraction of sp³-hybridized carbons (Fsp3) is 0.100. The van der Waals surface area contributed by atoms with Gasteiger partial charge in [-0.2, -0.15) is 17.9 Å². The molecule has 0 fully saturated rings. The first-order valence-electron chi connectivity index (χ1n) is 8.15. The second kappa shape index (κ2) is 6.21. The Bertz CT molecular complexity index is 1110. The van der Waals surface area contributed by atoms with Crippen LogP contribution in [0.1, 0.15) is 22.7 Å². The van der Waals surface area contributed by atoms with E-state index in [1.807, 2.05) is 0 Å². The van der Waals surface area contributed by atoms with Crippen LogP contribution in [0.25, 0.3) is 11.1 Å². The van der Waals surface area contributed by atoms with Crippen molar-refractivity contribution in [2.75, 3.05) is 0 Å². The molecule has 27 heavy (non-hydrogen) atoms. The van der Waals surface area contributed by atoms with Crippen molar-refractivity contribution in [1.82, 2.24) is 4.72 Å². The van der Waals surface area contributed by atoms with Gasteiger partial charge in [-0.1, -0.05) is 48.5 Å². The Morgan fingerprint density at radius 1 is 0.778 bits per heavy atom. The lowest BCUT2D eigenvalue weighted by Gasteiger charge is -2.16. The van der Waals surface area contributed by atoms with Crippen LogP contribution in [0.5, 0.6) is 0 Å². The molecule has 3 nitrogen and oxygen atoms in total. The summed E-state index contributed by atoms with van der Waals surface area (Å²) in [6.07, 6.45) is -4.47. The molecule has 1 unspecified atom stereocenters. The van der Waals surface area contributed by atoms with Crippen LogP contribution in [0.4, 0.5) is 13.2 Å². The number of benzene rings is 3. The average molecular weight is 389 g/mol. The van der Waals surface area contributed by atoms with E-state index in [-0.39, 0.29) is 4.90 Å². The lowest BCUT2D eigenvalue weighted by atomic mass is 10.0. The Kier molecular flexibility index (Phi) is 4.09. The lowest BCUT2D eigenvalue weighted by molar-refractivity contribution is -0.137. The molecule has 1 atom stereocenters. The summed E-state index contributed by atoms with van der Waals surface area (Å²) in [6.45, 7) is 0. The van der Waals surface area contributed by atoms with Crippen LogP contribution in [0.2, 0.25) is 0 Å². The van der Waals surface area contributed by atoms with E-state index in [1.165, 1.54) is 18.2 Å². The molecule has 1 aliphatic rings. The van der Waals surface area contributed by atoms with Crippen LogP contribution in [0.15, 0.2) is 77.7 Å². The average Bonchev–Trinajstić information content (AvgIpc) is 2.95. The van der Waals surface area contributed by atoms with Crippen LogP contribution >= 0.6 is 0 Å². The maximum Gasteiger partial charge on any atom is 0.416 e.